The maximum absolute atomic E-state index is 12.5. The number of nitrogens with one attached hydrogen (secondary N) is 1. The van der Waals surface area contributed by atoms with Gasteiger partial charge < -0.3 is 19.5 Å². The molecule has 0 radical (unpaired) electrons. The zero-order chi connectivity index (χ0) is 20.9. The molecule has 0 bridgehead atoms. The van der Waals surface area contributed by atoms with Crippen LogP contribution < -0.4 is 10.2 Å². The highest BCUT2D eigenvalue weighted by Gasteiger charge is 2.23. The molecule has 2 aromatic carbocycles. The van der Waals surface area contributed by atoms with Crippen LogP contribution in [-0.2, 0) is 11.3 Å². The number of hydrogen-bond acceptors (Lipinski definition) is 5. The molecular weight excluding hydrogens is 384 g/mol. The van der Waals surface area contributed by atoms with Crippen LogP contribution in [0.3, 0.4) is 0 Å². The van der Waals surface area contributed by atoms with E-state index < -0.39 is 4.92 Å². The third kappa shape index (κ3) is 4.28. The van der Waals surface area contributed by atoms with Crippen molar-refractivity contribution in [3.8, 4) is 0 Å². The largest absolute Gasteiger partial charge is 0.378 e. The Morgan fingerprint density at radius 2 is 1.93 bits per heavy atom. The van der Waals surface area contributed by atoms with E-state index in [2.05, 4.69) is 28.1 Å². The summed E-state index contributed by atoms with van der Waals surface area (Å²) in [4.78, 5) is 25.5. The fourth-order valence-electron chi connectivity index (χ4n) is 3.77. The first-order valence-corrected chi connectivity index (χ1v) is 10.1. The highest BCUT2D eigenvalue weighted by atomic mass is 16.6. The highest BCUT2D eigenvalue weighted by molar-refractivity contribution is 5.95. The normalized spacial score (nSPS) is 14.1. The number of aryl methyl sites for hydroxylation is 1. The topological polar surface area (TPSA) is 89.6 Å². The Kier molecular flexibility index (Phi) is 5.94. The molecule has 156 valence electrons. The van der Waals surface area contributed by atoms with Crippen molar-refractivity contribution in [1.82, 2.24) is 9.88 Å². The van der Waals surface area contributed by atoms with Crippen LogP contribution in [0.1, 0.15) is 16.8 Å². The van der Waals surface area contributed by atoms with E-state index in [1.165, 1.54) is 11.5 Å². The van der Waals surface area contributed by atoms with Gasteiger partial charge in [-0.05, 0) is 36.1 Å². The second-order valence-electron chi connectivity index (χ2n) is 7.24. The minimum atomic E-state index is -0.432. The SMILES string of the molecule is O=C(NCCCn1ccc2ccccc21)c1ccc(N2CCOCC2)c([N+](=O)[O-])c1. The Morgan fingerprint density at radius 3 is 2.73 bits per heavy atom. The van der Waals surface area contributed by atoms with E-state index in [1.54, 1.807) is 12.1 Å². The molecule has 1 fully saturated rings. The molecule has 4 rings (SSSR count). The van der Waals surface area contributed by atoms with Gasteiger partial charge >= 0.3 is 0 Å². The molecule has 2 heterocycles. The lowest BCUT2D eigenvalue weighted by molar-refractivity contribution is -0.384. The molecule has 1 amide bonds. The molecule has 3 aromatic rings. The number of carbonyl (C=O) groups is 1. The van der Waals surface area contributed by atoms with Crippen molar-refractivity contribution in [2.75, 3.05) is 37.7 Å². The highest BCUT2D eigenvalue weighted by Crippen LogP contribution is 2.30. The van der Waals surface area contributed by atoms with E-state index in [0.717, 1.165) is 18.5 Å². The van der Waals surface area contributed by atoms with Crippen molar-refractivity contribution in [3.63, 3.8) is 0 Å². The number of hydrogen-bond donors (Lipinski definition) is 1. The lowest BCUT2D eigenvalue weighted by atomic mass is 10.1. The first kappa shape index (κ1) is 19.9. The minimum Gasteiger partial charge on any atom is -0.378 e. The Hall–Kier alpha value is -3.39. The molecule has 1 N–H and O–H groups in total. The fourth-order valence-corrected chi connectivity index (χ4v) is 3.77. The van der Waals surface area contributed by atoms with Gasteiger partial charge in [-0.25, -0.2) is 0 Å². The average molecular weight is 408 g/mol. The van der Waals surface area contributed by atoms with E-state index in [9.17, 15) is 14.9 Å². The number of ether oxygens (including phenoxy) is 1. The van der Waals surface area contributed by atoms with Crippen molar-refractivity contribution in [2.24, 2.45) is 0 Å². The predicted octanol–water partition coefficient (Wildman–Crippen LogP) is 3.21. The number of nitro benzene ring substituents is 1. The van der Waals surface area contributed by atoms with Crippen molar-refractivity contribution < 1.29 is 14.5 Å². The molecule has 1 aliphatic rings. The number of carbonyl (C=O) groups excluding carboxylic acids is 1. The summed E-state index contributed by atoms with van der Waals surface area (Å²) in [5, 5.41) is 15.6. The molecule has 8 heteroatoms. The smallest absolute Gasteiger partial charge is 0.293 e. The summed E-state index contributed by atoms with van der Waals surface area (Å²) >= 11 is 0. The minimum absolute atomic E-state index is 0.0524. The Morgan fingerprint density at radius 1 is 1.13 bits per heavy atom. The van der Waals surface area contributed by atoms with Crippen LogP contribution in [0.25, 0.3) is 10.9 Å². The van der Waals surface area contributed by atoms with Gasteiger partial charge in [0.15, 0.2) is 0 Å². The van der Waals surface area contributed by atoms with Gasteiger partial charge in [-0.1, -0.05) is 18.2 Å². The Bertz CT molecular complexity index is 1060. The Labute approximate surface area is 174 Å². The van der Waals surface area contributed by atoms with Crippen molar-refractivity contribution in [2.45, 2.75) is 13.0 Å². The summed E-state index contributed by atoms with van der Waals surface area (Å²) in [5.74, 6) is -0.302. The monoisotopic (exact) mass is 408 g/mol. The third-order valence-electron chi connectivity index (χ3n) is 5.33. The first-order valence-electron chi connectivity index (χ1n) is 10.1. The number of aromatic nitrogens is 1. The number of amides is 1. The molecule has 8 nitrogen and oxygen atoms in total. The summed E-state index contributed by atoms with van der Waals surface area (Å²) < 4.78 is 7.47. The van der Waals surface area contributed by atoms with Crippen LogP contribution in [0.2, 0.25) is 0 Å². The zero-order valence-corrected chi connectivity index (χ0v) is 16.6. The molecular formula is C22H24N4O4. The number of nitrogens with zero attached hydrogens (tertiary/aromatic N) is 3. The molecule has 0 unspecified atom stereocenters. The lowest BCUT2D eigenvalue weighted by Crippen LogP contribution is -2.36. The maximum atomic E-state index is 12.5. The predicted molar refractivity (Wildman–Crippen MR) is 115 cm³/mol. The second-order valence-corrected chi connectivity index (χ2v) is 7.24. The number of fused-ring (bicyclic) bond motifs is 1. The molecule has 0 saturated carbocycles. The van der Waals surface area contributed by atoms with Gasteiger partial charge in [0, 0.05) is 49.5 Å². The van der Waals surface area contributed by atoms with Crippen LogP contribution in [0, 0.1) is 10.1 Å². The number of rotatable bonds is 7. The average Bonchev–Trinajstić information content (AvgIpc) is 3.20. The van der Waals surface area contributed by atoms with E-state index >= 15 is 0 Å². The molecule has 0 aliphatic carbocycles. The molecule has 1 saturated heterocycles. The van der Waals surface area contributed by atoms with Gasteiger partial charge in [0.2, 0.25) is 0 Å². The van der Waals surface area contributed by atoms with Gasteiger partial charge in [0.1, 0.15) is 5.69 Å². The number of para-hydroxylation sites is 1. The quantitative estimate of drug-likeness (QED) is 0.368. The fraction of sp³-hybridized carbons (Fsp3) is 0.318. The molecule has 0 atom stereocenters. The van der Waals surface area contributed by atoms with Gasteiger partial charge in [-0.15, -0.1) is 0 Å². The van der Waals surface area contributed by atoms with Crippen LogP contribution >= 0.6 is 0 Å². The summed E-state index contributed by atoms with van der Waals surface area (Å²) in [6, 6.07) is 14.9. The van der Waals surface area contributed by atoms with Gasteiger partial charge in [0.05, 0.1) is 18.1 Å². The lowest BCUT2D eigenvalue weighted by Gasteiger charge is -2.28. The molecule has 0 spiro atoms. The number of benzene rings is 2. The molecule has 30 heavy (non-hydrogen) atoms. The number of nitro groups is 1. The van der Waals surface area contributed by atoms with Crippen molar-refractivity contribution in [3.05, 3.63) is 70.4 Å². The van der Waals surface area contributed by atoms with E-state index in [-0.39, 0.29) is 11.6 Å². The van der Waals surface area contributed by atoms with Gasteiger partial charge in [-0.2, -0.15) is 0 Å². The van der Waals surface area contributed by atoms with Crippen molar-refractivity contribution in [1.29, 1.82) is 0 Å². The number of anilines is 1. The maximum Gasteiger partial charge on any atom is 0.293 e. The third-order valence-corrected chi connectivity index (χ3v) is 5.33. The summed E-state index contributed by atoms with van der Waals surface area (Å²) in [6.07, 6.45) is 2.80. The van der Waals surface area contributed by atoms with Gasteiger partial charge in [-0.3, -0.25) is 14.9 Å². The Balaban J connectivity index is 1.37. The molecule has 1 aliphatic heterocycles. The van der Waals surface area contributed by atoms with E-state index in [0.29, 0.717) is 44.1 Å². The van der Waals surface area contributed by atoms with Crippen LogP contribution in [0.5, 0.6) is 0 Å². The van der Waals surface area contributed by atoms with E-state index in [4.69, 9.17) is 4.74 Å². The zero-order valence-electron chi connectivity index (χ0n) is 16.6. The standard InChI is InChI=1S/C22H24N4O4/c27-22(23-9-3-10-24-11-8-17-4-1-2-5-19(17)24)18-6-7-20(21(16-18)26(28)29)25-12-14-30-15-13-25/h1-2,4-8,11,16H,3,9-10,12-15H2,(H,23,27). The molecule has 1 aromatic heterocycles. The van der Waals surface area contributed by atoms with E-state index in [1.807, 2.05) is 23.2 Å². The first-order chi connectivity index (χ1) is 14.6. The van der Waals surface area contributed by atoms with Crippen LogP contribution in [-0.4, -0.2) is 48.2 Å². The number of morpholine rings is 1. The second kappa shape index (κ2) is 8.96. The summed E-state index contributed by atoms with van der Waals surface area (Å²) in [7, 11) is 0. The summed E-state index contributed by atoms with van der Waals surface area (Å²) in [6.45, 7) is 3.54. The van der Waals surface area contributed by atoms with Gasteiger partial charge in [0.25, 0.3) is 11.6 Å². The van der Waals surface area contributed by atoms with Crippen LogP contribution in [0.4, 0.5) is 11.4 Å². The van der Waals surface area contributed by atoms with Crippen molar-refractivity contribution >= 4 is 28.2 Å². The summed E-state index contributed by atoms with van der Waals surface area (Å²) in [5.41, 5.74) is 1.94. The van der Waals surface area contributed by atoms with Crippen LogP contribution in [0.15, 0.2) is 54.7 Å².